The van der Waals surface area contributed by atoms with Gasteiger partial charge in [-0.2, -0.15) is 0 Å². The van der Waals surface area contributed by atoms with Gasteiger partial charge < -0.3 is 10.6 Å². The number of amides is 2. The van der Waals surface area contributed by atoms with Crippen molar-refractivity contribution >= 4 is 27.7 Å². The van der Waals surface area contributed by atoms with Crippen LogP contribution >= 0.6 is 15.9 Å². The number of nitrogens with zero attached hydrogens (tertiary/aromatic N) is 1. The van der Waals surface area contributed by atoms with Crippen LogP contribution in [-0.4, -0.2) is 29.8 Å². The largest absolute Gasteiger partial charge is 0.369 e. The van der Waals surface area contributed by atoms with Crippen LogP contribution in [0.3, 0.4) is 0 Å². The molecule has 21 heavy (non-hydrogen) atoms. The van der Waals surface area contributed by atoms with Gasteiger partial charge >= 0.3 is 0 Å². The highest BCUT2D eigenvalue weighted by Gasteiger charge is 2.53. The van der Waals surface area contributed by atoms with E-state index in [0.29, 0.717) is 6.54 Å². The number of rotatable bonds is 3. The lowest BCUT2D eigenvalue weighted by Gasteiger charge is -2.34. The first-order chi connectivity index (χ1) is 10.0. The zero-order valence-corrected chi connectivity index (χ0v) is 13.4. The molecule has 0 spiro atoms. The molecule has 112 valence electrons. The molecule has 2 amide bonds. The van der Waals surface area contributed by atoms with E-state index in [4.69, 9.17) is 5.73 Å². The topological polar surface area (TPSA) is 63.4 Å². The molecule has 3 rings (SSSR count). The van der Waals surface area contributed by atoms with Gasteiger partial charge in [0, 0.05) is 17.6 Å². The van der Waals surface area contributed by atoms with Gasteiger partial charge in [-0.15, -0.1) is 0 Å². The summed E-state index contributed by atoms with van der Waals surface area (Å²) in [5, 5.41) is 0. The Morgan fingerprint density at radius 3 is 2.48 bits per heavy atom. The van der Waals surface area contributed by atoms with Crippen LogP contribution in [-0.2, 0) is 15.0 Å². The third-order valence-corrected chi connectivity index (χ3v) is 5.20. The minimum atomic E-state index is -0.361. The molecule has 0 aromatic heterocycles. The van der Waals surface area contributed by atoms with Crippen LogP contribution in [0.15, 0.2) is 28.7 Å². The molecule has 1 aliphatic carbocycles. The van der Waals surface area contributed by atoms with Crippen LogP contribution < -0.4 is 5.73 Å². The van der Waals surface area contributed by atoms with Gasteiger partial charge in [-0.1, -0.05) is 28.1 Å². The Labute approximate surface area is 132 Å². The van der Waals surface area contributed by atoms with E-state index in [0.717, 1.165) is 42.3 Å². The van der Waals surface area contributed by atoms with Crippen molar-refractivity contribution in [3.63, 3.8) is 0 Å². The van der Waals surface area contributed by atoms with Crippen LogP contribution in [0.4, 0.5) is 0 Å². The Balaban J connectivity index is 1.78. The molecule has 1 heterocycles. The molecule has 1 aromatic carbocycles. The fourth-order valence-corrected chi connectivity index (χ4v) is 3.48. The predicted octanol–water partition coefficient (Wildman–Crippen LogP) is 2.20. The van der Waals surface area contributed by atoms with Crippen LogP contribution in [0.25, 0.3) is 0 Å². The summed E-state index contributed by atoms with van der Waals surface area (Å²) in [4.78, 5) is 26.1. The number of hydrogen-bond acceptors (Lipinski definition) is 2. The number of nitrogens with two attached hydrogens (primary N) is 1. The van der Waals surface area contributed by atoms with Gasteiger partial charge in [0.05, 0.1) is 11.3 Å². The monoisotopic (exact) mass is 350 g/mol. The Morgan fingerprint density at radius 2 is 1.90 bits per heavy atom. The van der Waals surface area contributed by atoms with Crippen LogP contribution in [0.2, 0.25) is 0 Å². The summed E-state index contributed by atoms with van der Waals surface area (Å²) in [5.74, 6) is -0.319. The first-order valence-electron chi connectivity index (χ1n) is 7.38. The fraction of sp³-hybridized carbons (Fsp3) is 0.500. The van der Waals surface area contributed by atoms with E-state index in [2.05, 4.69) is 15.9 Å². The number of hydrogen-bond donors (Lipinski definition) is 1. The number of likely N-dealkylation sites (tertiary alicyclic amines) is 1. The lowest BCUT2D eigenvalue weighted by Crippen LogP contribution is -2.47. The molecular weight excluding hydrogens is 332 g/mol. The standard InChI is InChI=1S/C16H19BrN2O2/c17-13-5-3-12(4-6-13)16(7-8-16)15(21)19-9-1-2-11(10-19)14(18)20/h3-6,11H,1-2,7-10H2,(H2,18,20). The Kier molecular flexibility index (Phi) is 3.78. The van der Waals surface area contributed by atoms with E-state index in [1.807, 2.05) is 29.2 Å². The van der Waals surface area contributed by atoms with E-state index in [1.54, 1.807) is 0 Å². The first-order valence-corrected chi connectivity index (χ1v) is 8.17. The molecule has 1 saturated heterocycles. The molecule has 0 bridgehead atoms. The third-order valence-electron chi connectivity index (χ3n) is 4.67. The van der Waals surface area contributed by atoms with Crippen molar-refractivity contribution in [1.82, 2.24) is 4.90 Å². The molecule has 2 fully saturated rings. The molecule has 2 aliphatic rings. The zero-order valence-electron chi connectivity index (χ0n) is 11.8. The van der Waals surface area contributed by atoms with Crippen molar-refractivity contribution in [1.29, 1.82) is 0 Å². The first kappa shape index (κ1) is 14.6. The number of carbonyl (C=O) groups is 2. The second kappa shape index (κ2) is 5.44. The normalized spacial score (nSPS) is 23.7. The summed E-state index contributed by atoms with van der Waals surface area (Å²) < 4.78 is 1.02. The van der Waals surface area contributed by atoms with Gasteiger partial charge in [0.15, 0.2) is 0 Å². The van der Waals surface area contributed by atoms with Crippen LogP contribution in [0.1, 0.15) is 31.2 Å². The maximum Gasteiger partial charge on any atom is 0.233 e. The van der Waals surface area contributed by atoms with Crippen molar-refractivity contribution in [3.05, 3.63) is 34.3 Å². The van der Waals surface area contributed by atoms with Crippen LogP contribution in [0.5, 0.6) is 0 Å². The highest BCUT2D eigenvalue weighted by Crippen LogP contribution is 2.50. The minimum Gasteiger partial charge on any atom is -0.369 e. The highest BCUT2D eigenvalue weighted by molar-refractivity contribution is 9.10. The number of primary amides is 1. The van der Waals surface area contributed by atoms with Crippen molar-refractivity contribution < 1.29 is 9.59 Å². The average molecular weight is 351 g/mol. The second-order valence-electron chi connectivity index (χ2n) is 6.08. The maximum absolute atomic E-state index is 12.9. The predicted molar refractivity (Wildman–Crippen MR) is 83.6 cm³/mol. The highest BCUT2D eigenvalue weighted by atomic mass is 79.9. The van der Waals surface area contributed by atoms with Gasteiger partial charge in [0.1, 0.15) is 0 Å². The molecule has 0 radical (unpaired) electrons. The van der Waals surface area contributed by atoms with E-state index >= 15 is 0 Å². The quantitative estimate of drug-likeness (QED) is 0.908. The van der Waals surface area contributed by atoms with Gasteiger partial charge in [0.2, 0.25) is 11.8 Å². The van der Waals surface area contributed by atoms with Gasteiger partial charge in [-0.3, -0.25) is 9.59 Å². The van der Waals surface area contributed by atoms with E-state index in [-0.39, 0.29) is 23.1 Å². The van der Waals surface area contributed by atoms with Gasteiger partial charge in [-0.05, 0) is 43.4 Å². The average Bonchev–Trinajstić information content (AvgIpc) is 3.29. The summed E-state index contributed by atoms with van der Waals surface area (Å²) in [5.41, 5.74) is 6.12. The molecular formula is C16H19BrN2O2. The maximum atomic E-state index is 12.9. The molecule has 4 nitrogen and oxygen atoms in total. The Morgan fingerprint density at radius 1 is 1.24 bits per heavy atom. The van der Waals surface area contributed by atoms with Gasteiger partial charge in [-0.25, -0.2) is 0 Å². The van der Waals surface area contributed by atoms with E-state index in [1.165, 1.54) is 0 Å². The van der Waals surface area contributed by atoms with Crippen molar-refractivity contribution in [2.75, 3.05) is 13.1 Å². The van der Waals surface area contributed by atoms with Crippen LogP contribution in [0, 0.1) is 5.92 Å². The molecule has 1 atom stereocenters. The minimum absolute atomic E-state index is 0.163. The Hall–Kier alpha value is -1.36. The van der Waals surface area contributed by atoms with Crippen molar-refractivity contribution in [3.8, 4) is 0 Å². The lowest BCUT2D eigenvalue weighted by molar-refractivity contribution is -0.137. The molecule has 5 heteroatoms. The summed E-state index contributed by atoms with van der Waals surface area (Å²) in [6.45, 7) is 1.22. The SMILES string of the molecule is NC(=O)C1CCCN(C(=O)C2(c3ccc(Br)cc3)CC2)C1. The second-order valence-corrected chi connectivity index (χ2v) is 7.00. The molecule has 1 saturated carbocycles. The summed E-state index contributed by atoms with van der Waals surface area (Å²) in [6, 6.07) is 7.99. The number of benzene rings is 1. The van der Waals surface area contributed by atoms with E-state index in [9.17, 15) is 9.59 Å². The molecule has 1 unspecified atom stereocenters. The van der Waals surface area contributed by atoms with Crippen molar-refractivity contribution in [2.45, 2.75) is 31.1 Å². The number of piperidine rings is 1. The number of halogens is 1. The molecule has 1 aromatic rings. The zero-order chi connectivity index (χ0) is 15.0. The summed E-state index contributed by atoms with van der Waals surface area (Å²) in [7, 11) is 0. The molecule has 2 N–H and O–H groups in total. The van der Waals surface area contributed by atoms with E-state index < -0.39 is 0 Å². The lowest BCUT2D eigenvalue weighted by atomic mass is 9.91. The molecule has 1 aliphatic heterocycles. The van der Waals surface area contributed by atoms with Gasteiger partial charge in [0.25, 0.3) is 0 Å². The smallest absolute Gasteiger partial charge is 0.233 e. The fourth-order valence-electron chi connectivity index (χ4n) is 3.22. The Bertz CT molecular complexity index is 566. The summed E-state index contributed by atoms with van der Waals surface area (Å²) in [6.07, 6.45) is 3.44. The summed E-state index contributed by atoms with van der Waals surface area (Å²) >= 11 is 3.42. The third kappa shape index (κ3) is 2.71. The van der Waals surface area contributed by atoms with Crippen molar-refractivity contribution in [2.24, 2.45) is 11.7 Å². The number of carbonyl (C=O) groups excluding carboxylic acids is 2.